The van der Waals surface area contributed by atoms with Crippen LogP contribution in [0.3, 0.4) is 0 Å². The van der Waals surface area contributed by atoms with Gasteiger partial charge in [0.05, 0.1) is 11.2 Å². The Bertz CT molecular complexity index is 850. The highest BCUT2D eigenvalue weighted by atomic mass is 19.1. The highest BCUT2D eigenvalue weighted by molar-refractivity contribution is 5.83. The molecule has 25 heavy (non-hydrogen) atoms. The zero-order chi connectivity index (χ0) is 17.8. The number of halogens is 1. The average Bonchev–Trinajstić information content (AvgIpc) is 2.65. The molecule has 0 fully saturated rings. The number of ether oxygens (including phenoxy) is 1. The molecule has 0 saturated heterocycles. The van der Waals surface area contributed by atoms with Crippen LogP contribution in [0, 0.1) is 0 Å². The van der Waals surface area contributed by atoms with Gasteiger partial charge in [-0.05, 0) is 36.4 Å². The first-order valence-corrected chi connectivity index (χ1v) is 8.12. The monoisotopic (exact) mass is 340 g/mol. The zero-order valence-corrected chi connectivity index (χ0v) is 14.3. The average molecular weight is 340 g/mol. The lowest BCUT2D eigenvalue weighted by molar-refractivity contribution is 0.0842. The normalized spacial score (nSPS) is 12.2. The van der Waals surface area contributed by atoms with Crippen LogP contribution in [0.1, 0.15) is 0 Å². The van der Waals surface area contributed by atoms with E-state index in [1.54, 1.807) is 6.07 Å². The summed E-state index contributed by atoms with van der Waals surface area (Å²) in [7, 11) is 4.02. The van der Waals surface area contributed by atoms with Crippen molar-refractivity contribution in [2.45, 2.75) is 6.10 Å². The molecule has 0 bridgehead atoms. The fourth-order valence-corrected chi connectivity index (χ4v) is 2.52. The van der Waals surface area contributed by atoms with Gasteiger partial charge in [-0.25, -0.2) is 9.37 Å². The SMILES string of the molecule is CN(C)c1ccc(-c2ccc3cc(OCC(O)CF)ccc3n2)cc1. The van der Waals surface area contributed by atoms with Crippen molar-refractivity contribution in [3.05, 3.63) is 54.6 Å². The molecule has 2 aromatic carbocycles. The van der Waals surface area contributed by atoms with Crippen LogP contribution in [0.2, 0.25) is 0 Å². The lowest BCUT2D eigenvalue weighted by Crippen LogP contribution is -2.19. The topological polar surface area (TPSA) is 45.6 Å². The van der Waals surface area contributed by atoms with Crippen LogP contribution >= 0.6 is 0 Å². The smallest absolute Gasteiger partial charge is 0.120 e. The number of nitrogens with zero attached hydrogens (tertiary/aromatic N) is 2. The van der Waals surface area contributed by atoms with Crippen LogP contribution < -0.4 is 9.64 Å². The van der Waals surface area contributed by atoms with E-state index in [-0.39, 0.29) is 6.61 Å². The van der Waals surface area contributed by atoms with Gasteiger partial charge in [-0.3, -0.25) is 0 Å². The predicted octanol–water partition coefficient (Wildman–Crippen LogP) is 3.68. The van der Waals surface area contributed by atoms with E-state index >= 15 is 0 Å². The third-order valence-electron chi connectivity index (χ3n) is 3.96. The number of benzene rings is 2. The van der Waals surface area contributed by atoms with Crippen LogP contribution in [-0.2, 0) is 0 Å². The van der Waals surface area contributed by atoms with Gasteiger partial charge in [0.2, 0.25) is 0 Å². The Balaban J connectivity index is 1.82. The number of alkyl halides is 1. The van der Waals surface area contributed by atoms with Crippen molar-refractivity contribution in [3.63, 3.8) is 0 Å². The predicted molar refractivity (Wildman–Crippen MR) is 99.0 cm³/mol. The molecule has 3 rings (SSSR count). The Morgan fingerprint density at radius 2 is 1.84 bits per heavy atom. The van der Waals surface area contributed by atoms with E-state index in [4.69, 9.17) is 9.72 Å². The van der Waals surface area contributed by atoms with E-state index in [9.17, 15) is 9.50 Å². The molecule has 0 radical (unpaired) electrons. The van der Waals surface area contributed by atoms with Gasteiger partial charge < -0.3 is 14.7 Å². The zero-order valence-electron chi connectivity index (χ0n) is 14.3. The number of fused-ring (bicyclic) bond motifs is 1. The number of rotatable bonds is 6. The first kappa shape index (κ1) is 17.2. The van der Waals surface area contributed by atoms with Crippen molar-refractivity contribution < 1.29 is 14.2 Å². The van der Waals surface area contributed by atoms with Gasteiger partial charge in [0.25, 0.3) is 0 Å². The second kappa shape index (κ2) is 7.49. The molecule has 130 valence electrons. The molecule has 1 aromatic heterocycles. The fraction of sp³-hybridized carbons (Fsp3) is 0.250. The number of hydrogen-bond acceptors (Lipinski definition) is 4. The van der Waals surface area contributed by atoms with Crippen molar-refractivity contribution in [1.29, 1.82) is 0 Å². The highest BCUT2D eigenvalue weighted by Crippen LogP contribution is 2.25. The van der Waals surface area contributed by atoms with E-state index in [0.717, 1.165) is 27.8 Å². The summed E-state index contributed by atoms with van der Waals surface area (Å²) in [4.78, 5) is 6.75. The minimum absolute atomic E-state index is 0.0637. The minimum Gasteiger partial charge on any atom is -0.491 e. The molecule has 0 amide bonds. The van der Waals surface area contributed by atoms with Crippen molar-refractivity contribution in [3.8, 4) is 17.0 Å². The summed E-state index contributed by atoms with van der Waals surface area (Å²) in [5.74, 6) is 0.588. The number of hydrogen-bond donors (Lipinski definition) is 1. The fourth-order valence-electron chi connectivity index (χ4n) is 2.52. The summed E-state index contributed by atoms with van der Waals surface area (Å²) in [6, 6.07) is 17.7. The van der Waals surface area contributed by atoms with Crippen LogP contribution in [0.25, 0.3) is 22.2 Å². The maximum Gasteiger partial charge on any atom is 0.120 e. The largest absolute Gasteiger partial charge is 0.491 e. The molecule has 0 spiro atoms. The molecule has 0 aliphatic rings. The molecule has 1 heterocycles. The van der Waals surface area contributed by atoms with Crippen LogP contribution in [0.4, 0.5) is 10.1 Å². The second-order valence-corrected chi connectivity index (χ2v) is 6.11. The number of aromatic nitrogens is 1. The first-order chi connectivity index (χ1) is 12.1. The summed E-state index contributed by atoms with van der Waals surface area (Å²) in [5.41, 5.74) is 3.95. The maximum absolute atomic E-state index is 12.3. The number of aliphatic hydroxyl groups is 1. The van der Waals surface area contributed by atoms with Gasteiger partial charge in [0, 0.05) is 30.7 Å². The van der Waals surface area contributed by atoms with Gasteiger partial charge >= 0.3 is 0 Å². The Morgan fingerprint density at radius 3 is 2.52 bits per heavy atom. The molecule has 0 saturated carbocycles. The van der Waals surface area contributed by atoms with E-state index in [2.05, 4.69) is 29.2 Å². The van der Waals surface area contributed by atoms with Crippen molar-refractivity contribution >= 4 is 16.6 Å². The summed E-state index contributed by atoms with van der Waals surface area (Å²) in [6.45, 7) is -0.878. The quantitative estimate of drug-likeness (QED) is 0.744. The lowest BCUT2D eigenvalue weighted by atomic mass is 10.1. The van der Waals surface area contributed by atoms with E-state index in [0.29, 0.717) is 5.75 Å². The standard InChI is InChI=1S/C20H21FN2O2/c1-23(2)16-6-3-14(4-7-16)19-9-5-15-11-18(8-10-20(15)22-19)25-13-17(24)12-21/h3-11,17,24H,12-13H2,1-2H3. The maximum atomic E-state index is 12.3. The van der Waals surface area contributed by atoms with Gasteiger partial charge in [0.1, 0.15) is 25.1 Å². The van der Waals surface area contributed by atoms with Gasteiger partial charge in [-0.15, -0.1) is 0 Å². The van der Waals surface area contributed by atoms with Gasteiger partial charge in [-0.1, -0.05) is 18.2 Å². The molecule has 1 unspecified atom stereocenters. The number of aliphatic hydroxyl groups excluding tert-OH is 1. The first-order valence-electron chi connectivity index (χ1n) is 8.12. The Hall–Kier alpha value is -2.66. The molecule has 1 N–H and O–H groups in total. The van der Waals surface area contributed by atoms with Crippen molar-refractivity contribution in [2.75, 3.05) is 32.3 Å². The van der Waals surface area contributed by atoms with Crippen molar-refractivity contribution in [1.82, 2.24) is 4.98 Å². The van der Waals surface area contributed by atoms with Crippen molar-refractivity contribution in [2.24, 2.45) is 0 Å². The van der Waals surface area contributed by atoms with Gasteiger partial charge in [-0.2, -0.15) is 0 Å². The van der Waals surface area contributed by atoms with Crippen LogP contribution in [-0.4, -0.2) is 43.6 Å². The molecular weight excluding hydrogens is 319 g/mol. The minimum atomic E-state index is -1.10. The summed E-state index contributed by atoms with van der Waals surface area (Å²) in [5, 5.41) is 10.2. The Labute approximate surface area is 146 Å². The Morgan fingerprint density at radius 1 is 1.08 bits per heavy atom. The number of anilines is 1. The molecule has 0 aliphatic carbocycles. The third kappa shape index (κ3) is 4.06. The molecule has 1 atom stereocenters. The molecule has 5 heteroatoms. The third-order valence-corrected chi connectivity index (χ3v) is 3.96. The van der Waals surface area contributed by atoms with E-state index < -0.39 is 12.8 Å². The summed E-state index contributed by atoms with van der Waals surface area (Å²) < 4.78 is 17.7. The van der Waals surface area contributed by atoms with Crippen LogP contribution in [0.15, 0.2) is 54.6 Å². The molecule has 4 nitrogen and oxygen atoms in total. The molecule has 0 aliphatic heterocycles. The Kier molecular flexibility index (Phi) is 5.14. The van der Waals surface area contributed by atoms with Crippen LogP contribution in [0.5, 0.6) is 5.75 Å². The summed E-state index contributed by atoms with van der Waals surface area (Å²) in [6.07, 6.45) is -1.10. The highest BCUT2D eigenvalue weighted by Gasteiger charge is 2.06. The second-order valence-electron chi connectivity index (χ2n) is 6.11. The number of pyridine rings is 1. The molecule has 3 aromatic rings. The van der Waals surface area contributed by atoms with Gasteiger partial charge in [0.15, 0.2) is 0 Å². The lowest BCUT2D eigenvalue weighted by Gasteiger charge is -2.13. The van der Waals surface area contributed by atoms with E-state index in [1.165, 1.54) is 0 Å². The van der Waals surface area contributed by atoms with E-state index in [1.807, 2.05) is 38.4 Å². The molecular formula is C20H21FN2O2. The summed E-state index contributed by atoms with van der Waals surface area (Å²) >= 11 is 0.